The average Bonchev–Trinajstić information content (AvgIpc) is 3.16. The van der Waals surface area contributed by atoms with Gasteiger partial charge in [-0.2, -0.15) is 0 Å². The number of amides is 1. The number of nitrogens with two attached hydrogens (primary N) is 1. The zero-order valence-electron chi connectivity index (χ0n) is 15.5. The summed E-state index contributed by atoms with van der Waals surface area (Å²) in [5.41, 5.74) is 5.92. The summed E-state index contributed by atoms with van der Waals surface area (Å²) in [6.45, 7) is 3.18. The number of nitrogens with one attached hydrogen (secondary N) is 1. The van der Waals surface area contributed by atoms with Gasteiger partial charge in [-0.3, -0.25) is 9.69 Å². The second kappa shape index (κ2) is 8.53. The summed E-state index contributed by atoms with van der Waals surface area (Å²) >= 11 is 6.85. The van der Waals surface area contributed by atoms with E-state index in [-0.39, 0.29) is 11.9 Å². The van der Waals surface area contributed by atoms with Gasteiger partial charge in [0.1, 0.15) is 10.4 Å². The molecule has 0 spiro atoms. The first-order valence-electron chi connectivity index (χ1n) is 9.24. The van der Waals surface area contributed by atoms with Crippen molar-refractivity contribution in [2.24, 2.45) is 5.73 Å². The number of thiocarbonyl (C=S) groups is 1. The minimum atomic E-state index is -0.563. The summed E-state index contributed by atoms with van der Waals surface area (Å²) in [7, 11) is 1.36. The van der Waals surface area contributed by atoms with Gasteiger partial charge in [0.05, 0.1) is 12.8 Å². The van der Waals surface area contributed by atoms with Gasteiger partial charge in [-0.1, -0.05) is 6.42 Å². The van der Waals surface area contributed by atoms with Crippen molar-refractivity contribution in [3.8, 4) is 0 Å². The SMILES string of the molecule is COC(=O)c1sccc1NC(=S)N1CCC(C(N)=O)(N2CCCCC2)CC1. The first-order valence-corrected chi connectivity index (χ1v) is 10.5. The van der Waals surface area contributed by atoms with E-state index in [1.165, 1.54) is 24.9 Å². The molecule has 2 aliphatic heterocycles. The zero-order valence-corrected chi connectivity index (χ0v) is 17.2. The van der Waals surface area contributed by atoms with Gasteiger partial charge in [-0.05, 0) is 62.4 Å². The third-order valence-corrected chi connectivity index (χ3v) is 6.83. The van der Waals surface area contributed by atoms with E-state index in [1.807, 2.05) is 16.3 Å². The first-order chi connectivity index (χ1) is 13.0. The van der Waals surface area contributed by atoms with Gasteiger partial charge < -0.3 is 20.7 Å². The molecule has 2 aliphatic rings. The molecule has 2 fully saturated rings. The maximum atomic E-state index is 12.3. The highest BCUT2D eigenvalue weighted by molar-refractivity contribution is 7.80. The lowest BCUT2D eigenvalue weighted by Crippen LogP contribution is -2.64. The molecule has 0 aliphatic carbocycles. The maximum Gasteiger partial charge on any atom is 0.350 e. The molecule has 3 N–H and O–H groups in total. The van der Waals surface area contributed by atoms with E-state index in [0.29, 0.717) is 41.6 Å². The number of hydrogen-bond donors (Lipinski definition) is 2. The molecule has 0 bridgehead atoms. The number of nitrogens with zero attached hydrogens (tertiary/aromatic N) is 2. The van der Waals surface area contributed by atoms with E-state index in [4.69, 9.17) is 22.7 Å². The predicted molar refractivity (Wildman–Crippen MR) is 110 cm³/mol. The van der Waals surface area contributed by atoms with E-state index in [2.05, 4.69) is 10.2 Å². The number of hydrogen-bond acceptors (Lipinski definition) is 6. The van der Waals surface area contributed by atoms with Crippen LogP contribution in [0.2, 0.25) is 0 Å². The highest BCUT2D eigenvalue weighted by Crippen LogP contribution is 2.32. The number of carbonyl (C=O) groups excluding carboxylic acids is 2. The molecule has 0 radical (unpaired) electrons. The number of primary amides is 1. The topological polar surface area (TPSA) is 87.9 Å². The summed E-state index contributed by atoms with van der Waals surface area (Å²) in [6.07, 6.45) is 4.78. The van der Waals surface area contributed by atoms with Crippen LogP contribution in [0.15, 0.2) is 11.4 Å². The number of thiophene rings is 1. The van der Waals surface area contributed by atoms with Gasteiger partial charge >= 0.3 is 5.97 Å². The molecule has 7 nitrogen and oxygen atoms in total. The molecule has 0 aromatic carbocycles. The van der Waals surface area contributed by atoms with Crippen molar-refractivity contribution in [1.82, 2.24) is 9.80 Å². The van der Waals surface area contributed by atoms with Crippen LogP contribution in [0.5, 0.6) is 0 Å². The molecule has 0 atom stereocenters. The van der Waals surface area contributed by atoms with E-state index >= 15 is 0 Å². The molecule has 1 amide bonds. The van der Waals surface area contributed by atoms with Crippen molar-refractivity contribution in [3.63, 3.8) is 0 Å². The Hall–Kier alpha value is -1.71. The molecule has 1 aromatic rings. The van der Waals surface area contributed by atoms with Crippen molar-refractivity contribution in [1.29, 1.82) is 0 Å². The molecule has 9 heteroatoms. The van der Waals surface area contributed by atoms with Crippen molar-refractivity contribution in [2.45, 2.75) is 37.6 Å². The van der Waals surface area contributed by atoms with E-state index in [9.17, 15) is 9.59 Å². The highest BCUT2D eigenvalue weighted by Gasteiger charge is 2.45. The lowest BCUT2D eigenvalue weighted by molar-refractivity contribution is -0.134. The summed E-state index contributed by atoms with van der Waals surface area (Å²) in [4.78, 5) is 29.0. The van der Waals surface area contributed by atoms with Crippen molar-refractivity contribution < 1.29 is 14.3 Å². The molecule has 27 heavy (non-hydrogen) atoms. The highest BCUT2D eigenvalue weighted by atomic mass is 32.1. The van der Waals surface area contributed by atoms with Gasteiger partial charge in [0, 0.05) is 13.1 Å². The molecule has 3 heterocycles. The molecule has 1 aromatic heterocycles. The quantitative estimate of drug-likeness (QED) is 0.580. The number of piperidine rings is 2. The number of anilines is 1. The molecule has 0 unspecified atom stereocenters. The third-order valence-electron chi connectivity index (χ3n) is 5.58. The molecule has 148 valence electrons. The predicted octanol–water partition coefficient (Wildman–Crippen LogP) is 2.04. The Bertz CT molecular complexity index is 707. The van der Waals surface area contributed by atoms with Gasteiger partial charge in [-0.25, -0.2) is 4.79 Å². The summed E-state index contributed by atoms with van der Waals surface area (Å²) in [5.74, 6) is -0.611. The standard InChI is InChI=1S/C18H26N4O3S2/c1-25-15(23)14-13(5-12-27-14)20-17(26)21-10-6-18(7-11-21,16(19)24)22-8-3-2-4-9-22/h5,12H,2-4,6-11H2,1H3,(H2,19,24)(H,20,26). The zero-order chi connectivity index (χ0) is 19.4. The van der Waals surface area contributed by atoms with Crippen LogP contribution in [0.25, 0.3) is 0 Å². The fourth-order valence-electron chi connectivity index (χ4n) is 3.97. The van der Waals surface area contributed by atoms with Crippen LogP contribution in [-0.4, -0.2) is 65.6 Å². The number of rotatable bonds is 4. The third kappa shape index (κ3) is 4.09. The van der Waals surface area contributed by atoms with Crippen molar-refractivity contribution in [3.05, 3.63) is 16.3 Å². The average molecular weight is 411 g/mol. The summed E-state index contributed by atoms with van der Waals surface area (Å²) in [6, 6.07) is 1.81. The lowest BCUT2D eigenvalue weighted by Gasteiger charge is -2.48. The van der Waals surface area contributed by atoms with Crippen LogP contribution in [0, 0.1) is 0 Å². The van der Waals surface area contributed by atoms with Crippen LogP contribution in [0.1, 0.15) is 41.8 Å². The Labute approximate surface area is 168 Å². The van der Waals surface area contributed by atoms with Crippen molar-refractivity contribution >= 4 is 46.2 Å². The molecule has 0 saturated carbocycles. The molecule has 2 saturated heterocycles. The fraction of sp³-hybridized carbons (Fsp3) is 0.611. The Morgan fingerprint density at radius 1 is 1.22 bits per heavy atom. The van der Waals surface area contributed by atoms with E-state index in [1.54, 1.807) is 0 Å². The number of carbonyl (C=O) groups is 2. The largest absolute Gasteiger partial charge is 0.465 e. The summed E-state index contributed by atoms with van der Waals surface area (Å²) < 4.78 is 4.80. The number of ether oxygens (including phenoxy) is 1. The Morgan fingerprint density at radius 3 is 2.48 bits per heavy atom. The second-order valence-electron chi connectivity index (χ2n) is 7.02. The Kier molecular flexibility index (Phi) is 6.33. The monoisotopic (exact) mass is 410 g/mol. The van der Waals surface area contributed by atoms with E-state index < -0.39 is 5.54 Å². The van der Waals surface area contributed by atoms with Crippen LogP contribution in [0.3, 0.4) is 0 Å². The van der Waals surface area contributed by atoms with E-state index in [0.717, 1.165) is 25.9 Å². The maximum absolute atomic E-state index is 12.3. The van der Waals surface area contributed by atoms with Gasteiger partial charge in [-0.15, -0.1) is 11.3 Å². The Balaban J connectivity index is 1.64. The second-order valence-corrected chi connectivity index (χ2v) is 8.32. The minimum Gasteiger partial charge on any atom is -0.465 e. The van der Waals surface area contributed by atoms with Crippen LogP contribution < -0.4 is 11.1 Å². The molecule has 3 rings (SSSR count). The number of likely N-dealkylation sites (tertiary alicyclic amines) is 2. The van der Waals surface area contributed by atoms with Gasteiger partial charge in [0.15, 0.2) is 5.11 Å². The molecular weight excluding hydrogens is 384 g/mol. The van der Waals surface area contributed by atoms with Gasteiger partial charge in [0.25, 0.3) is 0 Å². The first kappa shape index (κ1) is 20.0. The summed E-state index contributed by atoms with van der Waals surface area (Å²) in [5, 5.41) is 5.52. The lowest BCUT2D eigenvalue weighted by atomic mass is 9.83. The normalized spacial score (nSPS) is 20.1. The smallest absolute Gasteiger partial charge is 0.350 e. The molecular formula is C18H26N4O3S2. The number of esters is 1. The van der Waals surface area contributed by atoms with Crippen molar-refractivity contribution in [2.75, 3.05) is 38.6 Å². The van der Waals surface area contributed by atoms with Crippen LogP contribution in [-0.2, 0) is 9.53 Å². The van der Waals surface area contributed by atoms with Crippen LogP contribution >= 0.6 is 23.6 Å². The minimum absolute atomic E-state index is 0.228. The van der Waals surface area contributed by atoms with Gasteiger partial charge in [0.2, 0.25) is 5.91 Å². The number of methoxy groups -OCH3 is 1. The van der Waals surface area contributed by atoms with Crippen LogP contribution in [0.4, 0.5) is 5.69 Å². The fourth-order valence-corrected chi connectivity index (χ4v) is 5.03. The Morgan fingerprint density at radius 2 is 1.89 bits per heavy atom.